The summed E-state index contributed by atoms with van der Waals surface area (Å²) in [5, 5.41) is 5.96. The quantitative estimate of drug-likeness (QED) is 0.321. The molecule has 0 spiro atoms. The Kier molecular flexibility index (Phi) is 9.44. The molecule has 0 aliphatic heterocycles. The average Bonchev–Trinajstić information content (AvgIpc) is 3.30. The third-order valence-electron chi connectivity index (χ3n) is 7.26. The summed E-state index contributed by atoms with van der Waals surface area (Å²) in [4.78, 5) is 27.1. The van der Waals surface area contributed by atoms with Crippen molar-refractivity contribution in [1.29, 1.82) is 0 Å². The Morgan fingerprint density at radius 2 is 1.54 bits per heavy atom. The third-order valence-corrected chi connectivity index (χ3v) is 7.26. The number of carbonyl (C=O) groups is 2. The molecule has 0 saturated heterocycles. The number of likely N-dealkylation sites (N-methyl/N-ethyl adjacent to an activating group) is 2. The number of alkyl carbamates (subject to hydrolysis) is 1. The van der Waals surface area contributed by atoms with E-state index in [0.717, 1.165) is 18.5 Å². The number of hydrogen-bond acceptors (Lipinski definition) is 6. The second-order valence-corrected chi connectivity index (χ2v) is 9.53. The molecule has 1 atom stereocenters. The van der Waals surface area contributed by atoms with Crippen LogP contribution >= 0.6 is 0 Å². The number of fused-ring (bicyclic) bond motifs is 3. The lowest BCUT2D eigenvalue weighted by Gasteiger charge is -2.24. The highest BCUT2D eigenvalue weighted by Gasteiger charge is 2.29. The van der Waals surface area contributed by atoms with E-state index in [0.29, 0.717) is 31.1 Å². The van der Waals surface area contributed by atoms with Crippen LogP contribution in [-0.2, 0) is 9.53 Å². The summed E-state index contributed by atoms with van der Waals surface area (Å²) in [5.74, 6) is 1.16. The van der Waals surface area contributed by atoms with Gasteiger partial charge in [-0.1, -0.05) is 48.5 Å². The normalized spacial score (nSPS) is 12.7. The summed E-state index contributed by atoms with van der Waals surface area (Å²) in [5.41, 5.74) is 5.49. The van der Waals surface area contributed by atoms with Gasteiger partial charge in [-0.2, -0.15) is 0 Å². The van der Waals surface area contributed by atoms with Crippen molar-refractivity contribution in [2.45, 2.75) is 31.2 Å². The van der Waals surface area contributed by atoms with Gasteiger partial charge in [0.1, 0.15) is 6.61 Å². The fraction of sp³-hybridized carbons (Fsp3) is 0.355. The van der Waals surface area contributed by atoms with Gasteiger partial charge in [-0.3, -0.25) is 4.79 Å². The van der Waals surface area contributed by atoms with E-state index in [1.165, 1.54) is 22.3 Å². The molecule has 206 valence electrons. The molecule has 1 aliphatic carbocycles. The number of nitrogens with one attached hydrogen (secondary N) is 2. The van der Waals surface area contributed by atoms with Crippen molar-refractivity contribution in [3.05, 3.63) is 77.9 Å². The number of benzene rings is 3. The first-order valence-corrected chi connectivity index (χ1v) is 13.2. The van der Waals surface area contributed by atoms with Gasteiger partial charge in [0.2, 0.25) is 5.91 Å². The zero-order valence-corrected chi connectivity index (χ0v) is 23.0. The molecule has 2 amide bonds. The average molecular weight is 532 g/mol. The molecule has 2 N–H and O–H groups in total. The molecule has 39 heavy (non-hydrogen) atoms. The summed E-state index contributed by atoms with van der Waals surface area (Å²) < 4.78 is 16.2. The maximum absolute atomic E-state index is 13.1. The number of unbranched alkanes of at least 4 members (excludes halogenated alkanes) is 1. The summed E-state index contributed by atoms with van der Waals surface area (Å²) in [6.07, 6.45) is 1.71. The van der Waals surface area contributed by atoms with Crippen LogP contribution in [0, 0.1) is 0 Å². The minimum Gasteiger partial charge on any atom is -0.493 e. The molecule has 0 saturated carbocycles. The van der Waals surface area contributed by atoms with Crippen LogP contribution in [0.25, 0.3) is 11.1 Å². The van der Waals surface area contributed by atoms with Crippen molar-refractivity contribution in [2.75, 3.05) is 46.4 Å². The molecule has 8 nitrogen and oxygen atoms in total. The van der Waals surface area contributed by atoms with Crippen molar-refractivity contribution in [3.63, 3.8) is 0 Å². The Labute approximate surface area is 230 Å². The topological polar surface area (TPSA) is 89.1 Å². The second-order valence-electron chi connectivity index (χ2n) is 9.53. The number of amides is 2. The Bertz CT molecular complexity index is 1250. The van der Waals surface area contributed by atoms with Gasteiger partial charge in [-0.05, 0) is 60.7 Å². The number of methoxy groups -OCH3 is 2. The van der Waals surface area contributed by atoms with Crippen LogP contribution in [0.4, 0.5) is 10.5 Å². The van der Waals surface area contributed by atoms with Gasteiger partial charge < -0.3 is 29.7 Å². The summed E-state index contributed by atoms with van der Waals surface area (Å²) in [6, 6.07) is 21.6. The van der Waals surface area contributed by atoms with E-state index in [-0.39, 0.29) is 17.9 Å². The number of anilines is 1. The molecule has 4 rings (SSSR count). The Balaban J connectivity index is 1.21. The smallest absolute Gasteiger partial charge is 0.407 e. The number of hydrogen-bond donors (Lipinski definition) is 2. The fourth-order valence-electron chi connectivity index (χ4n) is 5.10. The first kappa shape index (κ1) is 28.0. The van der Waals surface area contributed by atoms with Crippen molar-refractivity contribution < 1.29 is 23.8 Å². The predicted octanol–water partition coefficient (Wildman–Crippen LogP) is 4.96. The van der Waals surface area contributed by atoms with Crippen LogP contribution < -0.4 is 25.0 Å². The third kappa shape index (κ3) is 6.34. The second kappa shape index (κ2) is 13.2. The first-order chi connectivity index (χ1) is 19.0. The molecule has 1 aliphatic rings. The van der Waals surface area contributed by atoms with Crippen molar-refractivity contribution in [3.8, 4) is 22.6 Å². The van der Waals surface area contributed by atoms with Gasteiger partial charge >= 0.3 is 6.09 Å². The van der Waals surface area contributed by atoms with Crippen molar-refractivity contribution in [2.24, 2.45) is 0 Å². The van der Waals surface area contributed by atoms with E-state index in [2.05, 4.69) is 34.9 Å². The fourth-order valence-corrected chi connectivity index (χ4v) is 5.10. The zero-order valence-electron chi connectivity index (χ0n) is 23.0. The summed E-state index contributed by atoms with van der Waals surface area (Å²) >= 11 is 0. The Morgan fingerprint density at radius 1 is 0.897 bits per heavy atom. The molecule has 3 aromatic carbocycles. The molecule has 8 heteroatoms. The lowest BCUT2D eigenvalue weighted by atomic mass is 9.98. The molecule has 0 fully saturated rings. The minimum atomic E-state index is -0.425. The van der Waals surface area contributed by atoms with Crippen LogP contribution in [0.15, 0.2) is 66.7 Å². The number of ether oxygens (including phenoxy) is 3. The molecule has 1 unspecified atom stereocenters. The minimum absolute atomic E-state index is 0.0354. The SMILES string of the molecule is CNC(CCCCNC(=O)OCC1c2ccccc2-c2ccccc21)C(=O)N(C)c1ccc(OC)c(OC)c1. The molecule has 0 bridgehead atoms. The molecule has 0 aromatic heterocycles. The lowest BCUT2D eigenvalue weighted by Crippen LogP contribution is -2.43. The molecule has 0 heterocycles. The summed E-state index contributed by atoms with van der Waals surface area (Å²) in [6.45, 7) is 0.769. The lowest BCUT2D eigenvalue weighted by molar-refractivity contribution is -0.120. The van der Waals surface area contributed by atoms with Gasteiger partial charge in [0.15, 0.2) is 11.5 Å². The number of rotatable bonds is 12. The monoisotopic (exact) mass is 531 g/mol. The van der Waals surface area contributed by atoms with Crippen LogP contribution in [0.5, 0.6) is 11.5 Å². The predicted molar refractivity (Wildman–Crippen MR) is 153 cm³/mol. The highest BCUT2D eigenvalue weighted by atomic mass is 16.5. The van der Waals surface area contributed by atoms with Crippen molar-refractivity contribution >= 4 is 17.7 Å². The van der Waals surface area contributed by atoms with Crippen LogP contribution in [0.3, 0.4) is 0 Å². The van der Waals surface area contributed by atoms with Gasteiger partial charge in [-0.25, -0.2) is 4.79 Å². The first-order valence-electron chi connectivity index (χ1n) is 13.2. The van der Waals surface area contributed by atoms with Gasteiger partial charge in [0.05, 0.1) is 20.3 Å². The van der Waals surface area contributed by atoms with E-state index >= 15 is 0 Å². The van der Waals surface area contributed by atoms with Gasteiger partial charge in [-0.15, -0.1) is 0 Å². The van der Waals surface area contributed by atoms with E-state index < -0.39 is 6.09 Å². The van der Waals surface area contributed by atoms with Crippen LogP contribution in [0.1, 0.15) is 36.3 Å². The Morgan fingerprint density at radius 3 is 2.15 bits per heavy atom. The van der Waals surface area contributed by atoms with E-state index in [1.54, 1.807) is 45.3 Å². The van der Waals surface area contributed by atoms with Crippen molar-refractivity contribution in [1.82, 2.24) is 10.6 Å². The number of nitrogens with zero attached hydrogens (tertiary/aromatic N) is 1. The standard InChI is InChI=1S/C31H37N3O5/c1-32-27(30(35)34(2)21-16-17-28(37-3)29(19-21)38-4)15-9-10-18-33-31(36)39-20-26-24-13-7-5-11-22(24)23-12-6-8-14-25(23)26/h5-8,11-14,16-17,19,26-27,32H,9-10,15,18,20H2,1-4H3,(H,33,36). The number of carbonyl (C=O) groups excluding carboxylic acids is 2. The molecule has 3 aromatic rings. The molecular formula is C31H37N3O5. The molecule has 0 radical (unpaired) electrons. The van der Waals surface area contributed by atoms with E-state index in [9.17, 15) is 9.59 Å². The maximum atomic E-state index is 13.1. The largest absolute Gasteiger partial charge is 0.493 e. The highest BCUT2D eigenvalue weighted by molar-refractivity contribution is 5.97. The Hall–Kier alpha value is -4.04. The van der Waals surface area contributed by atoms with Crippen LogP contribution in [-0.4, -0.2) is 59.5 Å². The zero-order chi connectivity index (χ0) is 27.8. The highest BCUT2D eigenvalue weighted by Crippen LogP contribution is 2.44. The van der Waals surface area contributed by atoms with Gasteiger partial charge in [0, 0.05) is 31.3 Å². The van der Waals surface area contributed by atoms with E-state index in [1.807, 2.05) is 30.3 Å². The summed E-state index contributed by atoms with van der Waals surface area (Å²) in [7, 11) is 6.66. The van der Waals surface area contributed by atoms with Crippen LogP contribution in [0.2, 0.25) is 0 Å². The molecular weight excluding hydrogens is 494 g/mol. The van der Waals surface area contributed by atoms with E-state index in [4.69, 9.17) is 14.2 Å². The maximum Gasteiger partial charge on any atom is 0.407 e. The van der Waals surface area contributed by atoms with Gasteiger partial charge in [0.25, 0.3) is 0 Å².